The third kappa shape index (κ3) is 6.42. The minimum Gasteiger partial charge on any atom is -0.340 e. The smallest absolute Gasteiger partial charge is 0.222 e. The van der Waals surface area contributed by atoms with Crippen LogP contribution in [0.5, 0.6) is 0 Å². The first kappa shape index (κ1) is 16.5. The number of amides is 1. The van der Waals surface area contributed by atoms with Crippen molar-refractivity contribution in [2.75, 3.05) is 19.6 Å². The Hall–Kier alpha value is -0.570. The zero-order chi connectivity index (χ0) is 14.3. The van der Waals surface area contributed by atoms with Crippen molar-refractivity contribution < 1.29 is 4.79 Å². The number of carbonyl (C=O) groups is 1. The fraction of sp³-hybridized carbons (Fsp3) is 0.938. The zero-order valence-electron chi connectivity index (χ0n) is 13.3. The first-order chi connectivity index (χ1) is 8.94. The van der Waals surface area contributed by atoms with E-state index in [1.807, 2.05) is 0 Å². The standard InChI is InChI=1S/C16H32N2O/c1-5-13-18(14-8-11-17-12-9-14)15(19)7-6-10-16(2,3)4/h14,17H,5-13H2,1-4H3. The van der Waals surface area contributed by atoms with Crippen LogP contribution in [0.1, 0.15) is 66.2 Å². The third-order valence-corrected chi connectivity index (χ3v) is 3.85. The molecular weight excluding hydrogens is 236 g/mol. The van der Waals surface area contributed by atoms with E-state index in [9.17, 15) is 4.79 Å². The van der Waals surface area contributed by atoms with Crippen molar-refractivity contribution in [2.45, 2.75) is 72.3 Å². The number of hydrogen-bond acceptors (Lipinski definition) is 2. The second-order valence-electron chi connectivity index (χ2n) is 6.98. The summed E-state index contributed by atoms with van der Waals surface area (Å²) in [6.45, 7) is 11.9. The molecule has 1 aliphatic rings. The molecule has 1 heterocycles. The first-order valence-corrected chi connectivity index (χ1v) is 7.94. The van der Waals surface area contributed by atoms with Crippen LogP contribution in [0.25, 0.3) is 0 Å². The van der Waals surface area contributed by atoms with Gasteiger partial charge in [0.05, 0.1) is 0 Å². The molecule has 112 valence electrons. The SMILES string of the molecule is CCCN(C(=O)CCCC(C)(C)C)C1CCNCC1. The molecule has 0 unspecified atom stereocenters. The number of piperidine rings is 1. The van der Waals surface area contributed by atoms with Gasteiger partial charge in [0, 0.05) is 19.0 Å². The Labute approximate surface area is 119 Å². The molecule has 1 amide bonds. The molecule has 3 heteroatoms. The fourth-order valence-electron chi connectivity index (χ4n) is 2.78. The van der Waals surface area contributed by atoms with E-state index in [0.717, 1.165) is 58.2 Å². The molecule has 3 nitrogen and oxygen atoms in total. The van der Waals surface area contributed by atoms with Crippen LogP contribution in [-0.2, 0) is 4.79 Å². The summed E-state index contributed by atoms with van der Waals surface area (Å²) >= 11 is 0. The van der Waals surface area contributed by atoms with Gasteiger partial charge >= 0.3 is 0 Å². The summed E-state index contributed by atoms with van der Waals surface area (Å²) in [5.74, 6) is 0.373. The van der Waals surface area contributed by atoms with Gasteiger partial charge in [-0.3, -0.25) is 4.79 Å². The maximum absolute atomic E-state index is 12.4. The minimum absolute atomic E-state index is 0.338. The van der Waals surface area contributed by atoms with Crippen LogP contribution in [0.2, 0.25) is 0 Å². The van der Waals surface area contributed by atoms with Crippen molar-refractivity contribution >= 4 is 5.91 Å². The first-order valence-electron chi connectivity index (χ1n) is 7.94. The highest BCUT2D eigenvalue weighted by atomic mass is 16.2. The Balaban J connectivity index is 2.43. The van der Waals surface area contributed by atoms with Gasteiger partial charge in [-0.05, 0) is 50.6 Å². The van der Waals surface area contributed by atoms with Crippen LogP contribution in [-0.4, -0.2) is 36.5 Å². The van der Waals surface area contributed by atoms with Crippen molar-refractivity contribution in [1.82, 2.24) is 10.2 Å². The number of hydrogen-bond donors (Lipinski definition) is 1. The zero-order valence-corrected chi connectivity index (χ0v) is 13.3. The molecular formula is C16H32N2O. The van der Waals surface area contributed by atoms with E-state index >= 15 is 0 Å². The lowest BCUT2D eigenvalue weighted by atomic mass is 9.89. The molecule has 0 atom stereocenters. The Morgan fingerprint density at radius 1 is 1.26 bits per heavy atom. The Kier molecular flexibility index (Phi) is 6.84. The molecule has 19 heavy (non-hydrogen) atoms. The maximum atomic E-state index is 12.4. The predicted octanol–water partition coefficient (Wildman–Crippen LogP) is 3.19. The molecule has 1 rings (SSSR count). The van der Waals surface area contributed by atoms with Gasteiger partial charge in [-0.15, -0.1) is 0 Å². The van der Waals surface area contributed by atoms with Crippen LogP contribution < -0.4 is 5.32 Å². The van der Waals surface area contributed by atoms with Gasteiger partial charge < -0.3 is 10.2 Å². The monoisotopic (exact) mass is 268 g/mol. The number of rotatable bonds is 6. The van der Waals surface area contributed by atoms with Crippen LogP contribution in [0.3, 0.4) is 0 Å². The quantitative estimate of drug-likeness (QED) is 0.802. The molecule has 0 aromatic carbocycles. The number of carbonyl (C=O) groups excluding carboxylic acids is 1. The topological polar surface area (TPSA) is 32.3 Å². The van der Waals surface area contributed by atoms with Crippen molar-refractivity contribution in [3.8, 4) is 0 Å². The van der Waals surface area contributed by atoms with Crippen LogP contribution in [0.15, 0.2) is 0 Å². The molecule has 1 saturated heterocycles. The summed E-state index contributed by atoms with van der Waals surface area (Å²) in [5, 5.41) is 3.38. The van der Waals surface area contributed by atoms with E-state index in [2.05, 4.69) is 37.9 Å². The summed E-state index contributed by atoms with van der Waals surface area (Å²) in [6, 6.07) is 0.475. The molecule has 0 aromatic heterocycles. The van der Waals surface area contributed by atoms with Crippen molar-refractivity contribution in [1.29, 1.82) is 0 Å². The third-order valence-electron chi connectivity index (χ3n) is 3.85. The minimum atomic E-state index is 0.338. The molecule has 0 bridgehead atoms. The van der Waals surface area contributed by atoms with Crippen molar-refractivity contribution in [3.05, 3.63) is 0 Å². The molecule has 0 aromatic rings. The molecule has 0 saturated carbocycles. The van der Waals surface area contributed by atoms with Crippen LogP contribution in [0, 0.1) is 5.41 Å². The second kappa shape index (κ2) is 7.88. The predicted molar refractivity (Wildman–Crippen MR) is 81.2 cm³/mol. The van der Waals surface area contributed by atoms with E-state index < -0.39 is 0 Å². The lowest BCUT2D eigenvalue weighted by Crippen LogP contribution is -2.46. The Morgan fingerprint density at radius 3 is 2.42 bits per heavy atom. The van der Waals surface area contributed by atoms with Crippen LogP contribution in [0.4, 0.5) is 0 Å². The summed E-state index contributed by atoms with van der Waals surface area (Å²) in [5.41, 5.74) is 0.338. The highest BCUT2D eigenvalue weighted by Crippen LogP contribution is 2.22. The molecule has 1 aliphatic heterocycles. The highest BCUT2D eigenvalue weighted by molar-refractivity contribution is 5.76. The van der Waals surface area contributed by atoms with E-state index in [4.69, 9.17) is 0 Å². The molecule has 0 spiro atoms. The van der Waals surface area contributed by atoms with Gasteiger partial charge in [0.2, 0.25) is 5.91 Å². The van der Waals surface area contributed by atoms with Gasteiger partial charge in [0.1, 0.15) is 0 Å². The molecule has 0 radical (unpaired) electrons. The molecule has 0 aliphatic carbocycles. The Bertz CT molecular complexity index is 264. The average molecular weight is 268 g/mol. The van der Waals surface area contributed by atoms with Crippen LogP contribution >= 0.6 is 0 Å². The van der Waals surface area contributed by atoms with E-state index in [0.29, 0.717) is 17.4 Å². The van der Waals surface area contributed by atoms with E-state index in [-0.39, 0.29) is 0 Å². The van der Waals surface area contributed by atoms with Gasteiger partial charge in [-0.1, -0.05) is 27.7 Å². The summed E-state index contributed by atoms with van der Waals surface area (Å²) < 4.78 is 0. The lowest BCUT2D eigenvalue weighted by molar-refractivity contribution is -0.134. The second-order valence-corrected chi connectivity index (χ2v) is 6.98. The van der Waals surface area contributed by atoms with Crippen molar-refractivity contribution in [2.24, 2.45) is 5.41 Å². The summed E-state index contributed by atoms with van der Waals surface area (Å²) in [7, 11) is 0. The number of nitrogens with one attached hydrogen (secondary N) is 1. The van der Waals surface area contributed by atoms with E-state index in [1.165, 1.54) is 0 Å². The number of nitrogens with zero attached hydrogens (tertiary/aromatic N) is 1. The van der Waals surface area contributed by atoms with Gasteiger partial charge in [0.15, 0.2) is 0 Å². The molecule has 1 fully saturated rings. The average Bonchev–Trinajstić information content (AvgIpc) is 2.35. The maximum Gasteiger partial charge on any atom is 0.222 e. The lowest BCUT2D eigenvalue weighted by Gasteiger charge is -2.35. The van der Waals surface area contributed by atoms with Gasteiger partial charge in [-0.25, -0.2) is 0 Å². The van der Waals surface area contributed by atoms with E-state index in [1.54, 1.807) is 0 Å². The van der Waals surface area contributed by atoms with Crippen molar-refractivity contribution in [3.63, 3.8) is 0 Å². The Morgan fingerprint density at radius 2 is 1.89 bits per heavy atom. The highest BCUT2D eigenvalue weighted by Gasteiger charge is 2.24. The summed E-state index contributed by atoms with van der Waals surface area (Å²) in [4.78, 5) is 14.6. The molecule has 1 N–H and O–H groups in total. The largest absolute Gasteiger partial charge is 0.340 e. The summed E-state index contributed by atoms with van der Waals surface area (Å²) in [6.07, 6.45) is 6.17. The van der Waals surface area contributed by atoms with Gasteiger partial charge in [0.25, 0.3) is 0 Å². The fourth-order valence-corrected chi connectivity index (χ4v) is 2.78. The van der Waals surface area contributed by atoms with Gasteiger partial charge in [-0.2, -0.15) is 0 Å². The normalized spacial score (nSPS) is 17.5.